The molecule has 0 bridgehead atoms. The van der Waals surface area contributed by atoms with Gasteiger partial charge in [-0.05, 0) is 39.8 Å². The zero-order valence-electron chi connectivity index (χ0n) is 14.8. The van der Waals surface area contributed by atoms with Crippen LogP contribution in [0, 0.1) is 0 Å². The number of hydrogen-bond donors (Lipinski definition) is 0. The second-order valence-electron chi connectivity index (χ2n) is 7.86. The largest absolute Gasteiger partial charge is 0.486 e. The number of piperidine rings is 1. The van der Waals surface area contributed by atoms with Gasteiger partial charge in [-0.25, -0.2) is 4.79 Å². The fraction of sp³-hybridized carbons (Fsp3) is 0.579. The smallest absolute Gasteiger partial charge is 0.410 e. The number of nitrogens with zero attached hydrogens (tertiary/aromatic N) is 1. The van der Waals surface area contributed by atoms with Gasteiger partial charge in [0, 0.05) is 25.4 Å². The van der Waals surface area contributed by atoms with Crippen LogP contribution in [0.4, 0.5) is 4.79 Å². The first-order valence-corrected chi connectivity index (χ1v) is 8.50. The zero-order chi connectivity index (χ0) is 17.5. The number of para-hydroxylation sites is 1. The van der Waals surface area contributed by atoms with Crippen LogP contribution >= 0.6 is 0 Å². The molecular formula is C19H25NO4. The molecule has 1 fully saturated rings. The normalized spacial score (nSPS) is 26.8. The van der Waals surface area contributed by atoms with Crippen LogP contribution in [0.15, 0.2) is 24.3 Å². The van der Waals surface area contributed by atoms with Crippen molar-refractivity contribution in [2.45, 2.75) is 64.2 Å². The Morgan fingerprint density at radius 2 is 2.04 bits per heavy atom. The van der Waals surface area contributed by atoms with Crippen LogP contribution in [-0.4, -0.2) is 40.6 Å². The minimum atomic E-state index is -0.512. The van der Waals surface area contributed by atoms with Gasteiger partial charge in [0.1, 0.15) is 17.0 Å². The van der Waals surface area contributed by atoms with E-state index in [1.807, 2.05) is 52.0 Å². The van der Waals surface area contributed by atoms with Crippen molar-refractivity contribution in [3.05, 3.63) is 29.8 Å². The summed E-state index contributed by atoms with van der Waals surface area (Å²) in [4.78, 5) is 26.6. The molecule has 2 atom stereocenters. The molecule has 2 heterocycles. The summed E-state index contributed by atoms with van der Waals surface area (Å²) in [5.41, 5.74) is -0.365. The average molecular weight is 331 g/mol. The van der Waals surface area contributed by atoms with Crippen molar-refractivity contribution in [2.75, 3.05) is 6.54 Å². The Kier molecular flexibility index (Phi) is 4.06. The van der Waals surface area contributed by atoms with Gasteiger partial charge in [-0.2, -0.15) is 0 Å². The van der Waals surface area contributed by atoms with Crippen LogP contribution in [0.5, 0.6) is 5.75 Å². The highest BCUT2D eigenvalue weighted by atomic mass is 16.6. The Morgan fingerprint density at radius 1 is 1.33 bits per heavy atom. The van der Waals surface area contributed by atoms with E-state index in [1.54, 1.807) is 4.90 Å². The van der Waals surface area contributed by atoms with E-state index in [2.05, 4.69) is 0 Å². The fourth-order valence-electron chi connectivity index (χ4n) is 3.58. The highest BCUT2D eigenvalue weighted by Crippen LogP contribution is 2.41. The Labute approximate surface area is 142 Å². The van der Waals surface area contributed by atoms with E-state index >= 15 is 0 Å². The third kappa shape index (κ3) is 3.25. The highest BCUT2D eigenvalue weighted by molar-refractivity contribution is 6.00. The van der Waals surface area contributed by atoms with Crippen LogP contribution in [0.25, 0.3) is 0 Å². The molecule has 0 radical (unpaired) electrons. The van der Waals surface area contributed by atoms with Crippen molar-refractivity contribution >= 4 is 11.9 Å². The number of carbonyl (C=O) groups is 2. The first-order valence-electron chi connectivity index (χ1n) is 8.50. The second kappa shape index (κ2) is 5.80. The van der Waals surface area contributed by atoms with Gasteiger partial charge in [-0.3, -0.25) is 4.79 Å². The Hall–Kier alpha value is -2.04. The molecule has 0 saturated carbocycles. The standard InChI is InChI=1S/C19H25NO4/c1-13-11-19(9-10-20(13)17(22)24-18(2,3)4)12-15(21)14-7-5-6-8-16(14)23-19/h5-8,13H,9-12H2,1-4H3. The average Bonchev–Trinajstić information content (AvgIpc) is 2.45. The van der Waals surface area contributed by atoms with Crippen molar-refractivity contribution in [2.24, 2.45) is 0 Å². The molecule has 5 nitrogen and oxygen atoms in total. The molecule has 2 unspecified atom stereocenters. The minimum absolute atomic E-state index is 0.0355. The van der Waals surface area contributed by atoms with Gasteiger partial charge in [-0.1, -0.05) is 12.1 Å². The van der Waals surface area contributed by atoms with Gasteiger partial charge < -0.3 is 14.4 Å². The lowest BCUT2D eigenvalue weighted by Gasteiger charge is -2.47. The molecule has 3 rings (SSSR count). The minimum Gasteiger partial charge on any atom is -0.486 e. The van der Waals surface area contributed by atoms with E-state index in [-0.39, 0.29) is 17.9 Å². The van der Waals surface area contributed by atoms with E-state index in [9.17, 15) is 9.59 Å². The summed E-state index contributed by atoms with van der Waals surface area (Å²) in [6, 6.07) is 7.35. The second-order valence-corrected chi connectivity index (χ2v) is 7.86. The van der Waals surface area contributed by atoms with Crippen molar-refractivity contribution < 1.29 is 19.1 Å². The van der Waals surface area contributed by atoms with Crippen LogP contribution in [0.3, 0.4) is 0 Å². The number of likely N-dealkylation sites (tertiary alicyclic amines) is 1. The molecular weight excluding hydrogens is 306 g/mol. The molecule has 0 aromatic heterocycles. The quantitative estimate of drug-likeness (QED) is 0.725. The third-order valence-corrected chi connectivity index (χ3v) is 4.63. The first-order chi connectivity index (χ1) is 11.2. The summed E-state index contributed by atoms with van der Waals surface area (Å²) in [7, 11) is 0. The van der Waals surface area contributed by atoms with Crippen molar-refractivity contribution in [1.82, 2.24) is 4.90 Å². The third-order valence-electron chi connectivity index (χ3n) is 4.63. The molecule has 0 aliphatic carbocycles. The number of fused-ring (bicyclic) bond motifs is 1. The summed E-state index contributed by atoms with van der Waals surface area (Å²) >= 11 is 0. The molecule has 1 aromatic rings. The van der Waals surface area contributed by atoms with E-state index in [0.717, 1.165) is 0 Å². The fourth-order valence-corrected chi connectivity index (χ4v) is 3.58. The van der Waals surface area contributed by atoms with Gasteiger partial charge >= 0.3 is 6.09 Å². The van der Waals surface area contributed by atoms with E-state index < -0.39 is 11.2 Å². The van der Waals surface area contributed by atoms with Crippen molar-refractivity contribution in [3.8, 4) is 5.75 Å². The molecule has 1 aromatic carbocycles. The van der Waals surface area contributed by atoms with Gasteiger partial charge in [0.15, 0.2) is 5.78 Å². The summed E-state index contributed by atoms with van der Waals surface area (Å²) < 4.78 is 11.7. The molecule has 2 aliphatic rings. The molecule has 1 saturated heterocycles. The summed E-state index contributed by atoms with van der Waals surface area (Å²) in [5.74, 6) is 0.779. The monoisotopic (exact) mass is 331 g/mol. The predicted molar refractivity (Wildman–Crippen MR) is 90.4 cm³/mol. The lowest BCUT2D eigenvalue weighted by Crippen LogP contribution is -2.56. The molecule has 130 valence electrons. The van der Waals surface area contributed by atoms with Crippen molar-refractivity contribution in [3.63, 3.8) is 0 Å². The topological polar surface area (TPSA) is 55.8 Å². The van der Waals surface area contributed by atoms with Gasteiger partial charge in [0.05, 0.1) is 12.0 Å². The number of amides is 1. The number of carbonyl (C=O) groups excluding carboxylic acids is 2. The maximum Gasteiger partial charge on any atom is 0.410 e. The number of Topliss-reactive ketones (excluding diaryl/α,β-unsaturated/α-hetero) is 1. The molecule has 24 heavy (non-hydrogen) atoms. The molecule has 2 aliphatic heterocycles. The molecule has 1 amide bonds. The van der Waals surface area contributed by atoms with Crippen LogP contribution < -0.4 is 4.74 Å². The molecule has 5 heteroatoms. The van der Waals surface area contributed by atoms with Crippen molar-refractivity contribution in [1.29, 1.82) is 0 Å². The summed E-state index contributed by atoms with van der Waals surface area (Å²) in [6.45, 7) is 8.10. The Morgan fingerprint density at radius 3 is 2.71 bits per heavy atom. The first kappa shape index (κ1) is 16.8. The SMILES string of the molecule is CC1CC2(CCN1C(=O)OC(C)(C)C)CC(=O)c1ccccc1O2. The summed E-state index contributed by atoms with van der Waals surface area (Å²) in [6.07, 6.45) is 1.34. The van der Waals surface area contributed by atoms with Crippen LogP contribution in [0.1, 0.15) is 57.3 Å². The number of hydrogen-bond acceptors (Lipinski definition) is 4. The molecule has 0 N–H and O–H groups in total. The number of benzene rings is 1. The highest BCUT2D eigenvalue weighted by Gasteiger charge is 2.46. The van der Waals surface area contributed by atoms with E-state index in [4.69, 9.17) is 9.47 Å². The number of ether oxygens (including phenoxy) is 2. The lowest BCUT2D eigenvalue weighted by molar-refractivity contribution is -0.0406. The maximum atomic E-state index is 12.5. The van der Waals surface area contributed by atoms with E-state index in [1.165, 1.54) is 0 Å². The van der Waals surface area contributed by atoms with E-state index in [0.29, 0.717) is 37.1 Å². The predicted octanol–water partition coefficient (Wildman–Crippen LogP) is 3.81. The lowest BCUT2D eigenvalue weighted by atomic mass is 9.80. The van der Waals surface area contributed by atoms with Crippen LogP contribution in [0.2, 0.25) is 0 Å². The Bertz CT molecular complexity index is 664. The summed E-state index contributed by atoms with van der Waals surface area (Å²) in [5, 5.41) is 0. The van der Waals surface area contributed by atoms with Gasteiger partial charge in [0.25, 0.3) is 0 Å². The van der Waals surface area contributed by atoms with Gasteiger partial charge in [-0.15, -0.1) is 0 Å². The Balaban J connectivity index is 1.74. The molecule has 1 spiro atoms. The van der Waals surface area contributed by atoms with Gasteiger partial charge in [0.2, 0.25) is 0 Å². The number of rotatable bonds is 0. The van der Waals surface area contributed by atoms with Crippen LogP contribution in [-0.2, 0) is 4.74 Å². The number of ketones is 1. The zero-order valence-corrected chi connectivity index (χ0v) is 14.8. The maximum absolute atomic E-state index is 12.5.